The number of rotatable bonds is 5. The number of carbonyl (C=O) groups is 1. The molecular weight excluding hydrogens is 421 g/mol. The average Bonchev–Trinajstić information content (AvgIpc) is 3.19. The lowest BCUT2D eigenvalue weighted by Crippen LogP contribution is -2.43. The highest BCUT2D eigenvalue weighted by Gasteiger charge is 2.40. The van der Waals surface area contributed by atoms with Crippen molar-refractivity contribution in [3.05, 3.63) is 53.6 Å². The van der Waals surface area contributed by atoms with Crippen molar-refractivity contribution < 1.29 is 31.1 Å². The summed E-state index contributed by atoms with van der Waals surface area (Å²) in [6.07, 6.45) is -3.82. The smallest absolute Gasteiger partial charge is 0.416 e. The third kappa shape index (κ3) is 4.44. The molecule has 1 fully saturated rings. The van der Waals surface area contributed by atoms with Gasteiger partial charge in [-0.2, -0.15) is 17.5 Å². The Kier molecular flexibility index (Phi) is 6.09. The van der Waals surface area contributed by atoms with Gasteiger partial charge in [-0.15, -0.1) is 0 Å². The minimum absolute atomic E-state index is 0.0284. The number of benzene rings is 2. The summed E-state index contributed by atoms with van der Waals surface area (Å²) in [4.78, 5) is 12.8. The van der Waals surface area contributed by atoms with Crippen LogP contribution in [0.2, 0.25) is 0 Å². The van der Waals surface area contributed by atoms with Crippen LogP contribution in [0, 0.1) is 6.92 Å². The van der Waals surface area contributed by atoms with Crippen LogP contribution < -0.4 is 10.1 Å². The van der Waals surface area contributed by atoms with Gasteiger partial charge in [0.1, 0.15) is 11.8 Å². The molecule has 1 amide bonds. The van der Waals surface area contributed by atoms with Gasteiger partial charge >= 0.3 is 6.18 Å². The number of hydrogen-bond donors (Lipinski definition) is 1. The van der Waals surface area contributed by atoms with E-state index in [-0.39, 0.29) is 23.5 Å². The molecule has 0 aromatic heterocycles. The lowest BCUT2D eigenvalue weighted by atomic mass is 10.1. The highest BCUT2D eigenvalue weighted by atomic mass is 32.2. The monoisotopic (exact) mass is 442 g/mol. The van der Waals surface area contributed by atoms with Crippen LogP contribution in [0.5, 0.6) is 5.75 Å². The van der Waals surface area contributed by atoms with Crippen molar-refractivity contribution >= 4 is 21.6 Å². The number of carbonyl (C=O) groups excluding carboxylic acids is 1. The lowest BCUT2D eigenvalue weighted by molar-refractivity contribution is -0.137. The Morgan fingerprint density at radius 1 is 1.20 bits per heavy atom. The van der Waals surface area contributed by atoms with E-state index in [9.17, 15) is 26.4 Å². The van der Waals surface area contributed by atoms with Gasteiger partial charge in [-0.1, -0.05) is 12.1 Å². The first-order valence-electron chi connectivity index (χ1n) is 9.18. The first-order chi connectivity index (χ1) is 14.0. The van der Waals surface area contributed by atoms with Gasteiger partial charge in [-0.25, -0.2) is 8.42 Å². The van der Waals surface area contributed by atoms with Crippen LogP contribution in [0.3, 0.4) is 0 Å². The van der Waals surface area contributed by atoms with Crippen LogP contribution in [0.1, 0.15) is 24.0 Å². The van der Waals surface area contributed by atoms with Crippen LogP contribution in [0.25, 0.3) is 0 Å². The number of hydrogen-bond acceptors (Lipinski definition) is 4. The second kappa shape index (κ2) is 8.27. The number of amides is 1. The van der Waals surface area contributed by atoms with Crippen molar-refractivity contribution in [3.8, 4) is 5.75 Å². The molecule has 1 saturated heterocycles. The number of nitrogens with zero attached hydrogens (tertiary/aromatic N) is 1. The summed E-state index contributed by atoms with van der Waals surface area (Å²) >= 11 is 0. The first kappa shape index (κ1) is 22.1. The Morgan fingerprint density at radius 2 is 1.93 bits per heavy atom. The lowest BCUT2D eigenvalue weighted by Gasteiger charge is -2.24. The van der Waals surface area contributed by atoms with E-state index < -0.39 is 33.7 Å². The summed E-state index contributed by atoms with van der Waals surface area (Å²) in [6.45, 7) is 1.78. The van der Waals surface area contributed by atoms with Crippen molar-refractivity contribution in [2.75, 3.05) is 19.0 Å². The van der Waals surface area contributed by atoms with Crippen LogP contribution in [-0.2, 0) is 21.0 Å². The predicted octanol–water partition coefficient (Wildman–Crippen LogP) is 3.81. The summed E-state index contributed by atoms with van der Waals surface area (Å²) in [6, 6.07) is 7.84. The maximum absolute atomic E-state index is 13.2. The molecule has 2 aromatic carbocycles. The van der Waals surface area contributed by atoms with Crippen molar-refractivity contribution in [3.63, 3.8) is 0 Å². The van der Waals surface area contributed by atoms with E-state index >= 15 is 0 Å². The van der Waals surface area contributed by atoms with Crippen molar-refractivity contribution in [2.45, 2.75) is 36.9 Å². The highest BCUT2D eigenvalue weighted by Crippen LogP contribution is 2.32. The molecule has 2 aromatic rings. The van der Waals surface area contributed by atoms with E-state index in [1.54, 1.807) is 19.1 Å². The van der Waals surface area contributed by atoms with E-state index in [0.29, 0.717) is 17.7 Å². The van der Waals surface area contributed by atoms with Crippen LogP contribution in [0.4, 0.5) is 18.9 Å². The summed E-state index contributed by atoms with van der Waals surface area (Å²) < 4.78 is 71.3. The molecule has 0 aliphatic carbocycles. The summed E-state index contributed by atoms with van der Waals surface area (Å²) in [5.74, 6) is -0.306. The standard InChI is InChI=1S/C20H21F3N2O4S/c1-13-8-9-16(29-2)12-18(13)30(27,28)25-10-4-7-17(25)19(26)24-15-6-3-5-14(11-15)20(21,22)23/h3,5-6,8-9,11-12,17H,4,7,10H2,1-2H3,(H,24,26)/t17-/m0/s1. The molecule has 30 heavy (non-hydrogen) atoms. The Bertz CT molecular complexity index is 1050. The number of halogens is 3. The molecule has 3 rings (SSSR count). The Hall–Kier alpha value is -2.59. The van der Waals surface area contributed by atoms with E-state index in [1.807, 2.05) is 0 Å². The number of nitrogens with one attached hydrogen (secondary N) is 1. The molecule has 1 aliphatic heterocycles. The van der Waals surface area contributed by atoms with Gasteiger partial charge in [0.15, 0.2) is 0 Å². The third-order valence-electron chi connectivity index (χ3n) is 4.95. The molecule has 0 unspecified atom stereocenters. The molecular formula is C20H21F3N2O4S. The molecule has 0 saturated carbocycles. The summed E-state index contributed by atoms with van der Waals surface area (Å²) in [7, 11) is -2.59. The van der Waals surface area contributed by atoms with Crippen LogP contribution in [-0.4, -0.2) is 38.3 Å². The molecule has 1 N–H and O–H groups in total. The van der Waals surface area contributed by atoms with E-state index in [1.165, 1.54) is 25.3 Å². The summed E-state index contributed by atoms with van der Waals surface area (Å²) in [5, 5.41) is 2.42. The molecule has 1 heterocycles. The number of anilines is 1. The zero-order valence-electron chi connectivity index (χ0n) is 16.4. The topological polar surface area (TPSA) is 75.7 Å². The average molecular weight is 442 g/mol. The predicted molar refractivity (Wildman–Crippen MR) is 105 cm³/mol. The Labute approximate surface area is 172 Å². The molecule has 1 atom stereocenters. The van der Waals surface area contributed by atoms with E-state index in [4.69, 9.17) is 4.74 Å². The van der Waals surface area contributed by atoms with Gasteiger partial charge in [-0.3, -0.25) is 4.79 Å². The fourth-order valence-corrected chi connectivity index (χ4v) is 5.30. The minimum atomic E-state index is -4.55. The Balaban J connectivity index is 1.86. The number of methoxy groups -OCH3 is 1. The van der Waals surface area contributed by atoms with Gasteiger partial charge in [0.25, 0.3) is 0 Å². The van der Waals surface area contributed by atoms with Gasteiger partial charge in [0, 0.05) is 18.3 Å². The maximum Gasteiger partial charge on any atom is 0.416 e. The van der Waals surface area contributed by atoms with Gasteiger partial charge in [0.05, 0.1) is 17.6 Å². The van der Waals surface area contributed by atoms with E-state index in [2.05, 4.69) is 5.32 Å². The molecule has 162 valence electrons. The number of sulfonamides is 1. The van der Waals surface area contributed by atoms with Crippen molar-refractivity contribution in [1.29, 1.82) is 0 Å². The quantitative estimate of drug-likeness (QED) is 0.764. The maximum atomic E-state index is 13.2. The van der Waals surface area contributed by atoms with Gasteiger partial charge in [0.2, 0.25) is 15.9 Å². The largest absolute Gasteiger partial charge is 0.497 e. The summed E-state index contributed by atoms with van der Waals surface area (Å²) in [5.41, 5.74) is -0.445. The Morgan fingerprint density at radius 3 is 2.60 bits per heavy atom. The molecule has 1 aliphatic rings. The second-order valence-corrected chi connectivity index (χ2v) is 8.83. The molecule has 0 bridgehead atoms. The first-order valence-corrected chi connectivity index (χ1v) is 10.6. The molecule has 6 nitrogen and oxygen atoms in total. The number of alkyl halides is 3. The fourth-order valence-electron chi connectivity index (χ4n) is 3.40. The van der Waals surface area contributed by atoms with Gasteiger partial charge in [-0.05, 0) is 49.6 Å². The highest BCUT2D eigenvalue weighted by molar-refractivity contribution is 7.89. The third-order valence-corrected chi connectivity index (χ3v) is 7.00. The van der Waals surface area contributed by atoms with E-state index in [0.717, 1.165) is 16.4 Å². The molecule has 0 spiro atoms. The minimum Gasteiger partial charge on any atom is -0.497 e. The SMILES string of the molecule is COc1ccc(C)c(S(=O)(=O)N2CCC[C@H]2C(=O)Nc2cccc(C(F)(F)F)c2)c1. The second-order valence-electron chi connectivity index (χ2n) is 6.97. The molecule has 0 radical (unpaired) electrons. The van der Waals surface area contributed by atoms with Crippen LogP contribution in [0.15, 0.2) is 47.4 Å². The number of ether oxygens (including phenoxy) is 1. The van der Waals surface area contributed by atoms with Crippen molar-refractivity contribution in [1.82, 2.24) is 4.31 Å². The molecule has 10 heteroatoms. The zero-order valence-corrected chi connectivity index (χ0v) is 17.2. The van der Waals surface area contributed by atoms with Gasteiger partial charge < -0.3 is 10.1 Å². The normalized spacial score (nSPS) is 17.7. The fraction of sp³-hybridized carbons (Fsp3) is 0.350. The van der Waals surface area contributed by atoms with Crippen LogP contribution >= 0.6 is 0 Å². The zero-order chi connectivity index (χ0) is 22.1. The number of aryl methyl sites for hydroxylation is 1. The van der Waals surface area contributed by atoms with Crippen molar-refractivity contribution in [2.24, 2.45) is 0 Å².